The predicted octanol–water partition coefficient (Wildman–Crippen LogP) is 10.3. The SMILES string of the molecule is Cc1ccc(N(c2ccc(-c3cccnc3)cc2)C2CC=CC3=C2c2ccccc2C32c3ccccc3-c3ccccc32)cc1. The molecule has 3 aliphatic carbocycles. The van der Waals surface area contributed by atoms with Gasteiger partial charge in [-0.25, -0.2) is 0 Å². The van der Waals surface area contributed by atoms with Crippen LogP contribution >= 0.6 is 0 Å². The number of aromatic nitrogens is 1. The van der Waals surface area contributed by atoms with Gasteiger partial charge in [-0.15, -0.1) is 0 Å². The van der Waals surface area contributed by atoms with Crippen LogP contribution in [0.25, 0.3) is 27.8 Å². The molecule has 0 N–H and O–H groups in total. The Bertz CT molecular complexity index is 2090. The minimum atomic E-state index is -0.336. The highest BCUT2D eigenvalue weighted by Gasteiger charge is 2.54. The Balaban J connectivity index is 1.28. The third kappa shape index (κ3) is 3.72. The van der Waals surface area contributed by atoms with Crippen LogP contribution in [0, 0.1) is 6.92 Å². The molecule has 1 aromatic heterocycles. The molecule has 0 saturated heterocycles. The minimum Gasteiger partial charge on any atom is -0.334 e. The summed E-state index contributed by atoms with van der Waals surface area (Å²) in [7, 11) is 0. The fourth-order valence-electron chi connectivity index (χ4n) is 8.16. The Labute approximate surface area is 264 Å². The molecule has 2 heteroatoms. The van der Waals surface area contributed by atoms with E-state index >= 15 is 0 Å². The zero-order valence-corrected chi connectivity index (χ0v) is 25.2. The first-order valence-electron chi connectivity index (χ1n) is 15.8. The zero-order chi connectivity index (χ0) is 30.0. The number of hydrogen-bond donors (Lipinski definition) is 0. The maximum atomic E-state index is 4.35. The standard InChI is InChI=1S/C43H32N2/c1-29-19-23-32(24-20-29)45(33-25-21-30(22-26-33)31-10-9-27-44-28-31)41-18-8-17-40-42(41)36-13-4-7-16-39(36)43(40)37-14-5-2-11-34(37)35-12-3-6-15-38(35)43/h2-17,19-28,41H,18H2,1H3. The Morgan fingerprint density at radius 1 is 0.600 bits per heavy atom. The summed E-state index contributed by atoms with van der Waals surface area (Å²) in [6.07, 6.45) is 9.52. The topological polar surface area (TPSA) is 16.1 Å². The van der Waals surface area contributed by atoms with Crippen LogP contribution in [-0.2, 0) is 5.41 Å². The van der Waals surface area contributed by atoms with Gasteiger partial charge >= 0.3 is 0 Å². The molecule has 0 fully saturated rings. The average Bonchev–Trinajstić information content (AvgIpc) is 3.58. The van der Waals surface area contributed by atoms with Crippen molar-refractivity contribution in [2.24, 2.45) is 0 Å². The van der Waals surface area contributed by atoms with Gasteiger partial charge in [-0.1, -0.05) is 121 Å². The predicted molar refractivity (Wildman–Crippen MR) is 186 cm³/mol. The number of rotatable bonds is 4. The summed E-state index contributed by atoms with van der Waals surface area (Å²) in [5, 5.41) is 0. The van der Waals surface area contributed by atoms with Gasteiger partial charge < -0.3 is 4.90 Å². The van der Waals surface area contributed by atoms with Gasteiger partial charge in [-0.05, 0) is 99.3 Å². The van der Waals surface area contributed by atoms with Gasteiger partial charge in [-0.2, -0.15) is 0 Å². The molecule has 6 aromatic rings. The minimum absolute atomic E-state index is 0.123. The number of fused-ring (bicyclic) bond motifs is 9. The van der Waals surface area contributed by atoms with Crippen LogP contribution in [-0.4, -0.2) is 11.0 Å². The number of aryl methyl sites for hydroxylation is 1. The van der Waals surface area contributed by atoms with Crippen molar-refractivity contribution >= 4 is 16.9 Å². The second kappa shape index (κ2) is 10.0. The van der Waals surface area contributed by atoms with Crippen molar-refractivity contribution in [2.75, 3.05) is 4.90 Å². The molecule has 0 radical (unpaired) electrons. The zero-order valence-electron chi connectivity index (χ0n) is 25.2. The first-order chi connectivity index (χ1) is 22.2. The molecule has 0 bridgehead atoms. The molecule has 2 nitrogen and oxygen atoms in total. The second-order valence-corrected chi connectivity index (χ2v) is 12.4. The van der Waals surface area contributed by atoms with E-state index in [4.69, 9.17) is 0 Å². The van der Waals surface area contributed by atoms with Crippen molar-refractivity contribution in [1.82, 2.24) is 4.98 Å². The number of hydrogen-bond acceptors (Lipinski definition) is 2. The van der Waals surface area contributed by atoms with Crippen molar-refractivity contribution < 1.29 is 0 Å². The molecular formula is C43H32N2. The van der Waals surface area contributed by atoms with E-state index in [1.54, 1.807) is 0 Å². The van der Waals surface area contributed by atoms with Crippen LogP contribution < -0.4 is 4.90 Å². The van der Waals surface area contributed by atoms with Gasteiger partial charge in [0.15, 0.2) is 0 Å². The quantitative estimate of drug-likeness (QED) is 0.208. The maximum Gasteiger partial charge on any atom is 0.0722 e. The summed E-state index contributed by atoms with van der Waals surface area (Å²) < 4.78 is 0. The highest BCUT2D eigenvalue weighted by molar-refractivity contribution is 5.98. The lowest BCUT2D eigenvalue weighted by Crippen LogP contribution is -2.34. The smallest absolute Gasteiger partial charge is 0.0722 e. The summed E-state index contributed by atoms with van der Waals surface area (Å²) >= 11 is 0. The Morgan fingerprint density at radius 2 is 1.18 bits per heavy atom. The monoisotopic (exact) mass is 576 g/mol. The molecule has 1 spiro atoms. The van der Waals surface area contributed by atoms with Gasteiger partial charge in [0.2, 0.25) is 0 Å². The summed E-state index contributed by atoms with van der Waals surface area (Å²) in [5.41, 5.74) is 16.6. The molecule has 0 aliphatic heterocycles. The third-order valence-electron chi connectivity index (χ3n) is 10.0. The molecule has 45 heavy (non-hydrogen) atoms. The van der Waals surface area contributed by atoms with Gasteiger partial charge in [-0.3, -0.25) is 4.98 Å². The van der Waals surface area contributed by atoms with E-state index < -0.39 is 0 Å². The molecule has 9 rings (SSSR count). The van der Waals surface area contributed by atoms with Crippen molar-refractivity contribution in [3.8, 4) is 22.3 Å². The molecule has 1 atom stereocenters. The van der Waals surface area contributed by atoms with Crippen molar-refractivity contribution in [3.63, 3.8) is 0 Å². The summed E-state index contributed by atoms with van der Waals surface area (Å²) in [6, 6.07) is 49.5. The number of nitrogens with zero attached hydrogens (tertiary/aromatic N) is 2. The van der Waals surface area contributed by atoms with E-state index in [9.17, 15) is 0 Å². The molecular weight excluding hydrogens is 544 g/mol. The van der Waals surface area contributed by atoms with Crippen LogP contribution in [0.4, 0.5) is 11.4 Å². The van der Waals surface area contributed by atoms with E-state index in [-0.39, 0.29) is 11.5 Å². The molecule has 5 aromatic carbocycles. The Morgan fingerprint density at radius 3 is 1.80 bits per heavy atom. The van der Waals surface area contributed by atoms with Crippen molar-refractivity contribution in [1.29, 1.82) is 0 Å². The van der Waals surface area contributed by atoms with Gasteiger partial charge in [0, 0.05) is 23.8 Å². The molecule has 0 saturated carbocycles. The summed E-state index contributed by atoms with van der Waals surface area (Å²) in [5.74, 6) is 0. The van der Waals surface area contributed by atoms with E-state index in [2.05, 4.69) is 156 Å². The van der Waals surface area contributed by atoms with E-state index in [1.165, 1.54) is 67.0 Å². The maximum absolute atomic E-state index is 4.35. The normalized spacial score (nSPS) is 16.7. The number of benzene rings is 5. The van der Waals surface area contributed by atoms with E-state index in [0.717, 1.165) is 12.0 Å². The highest BCUT2D eigenvalue weighted by Crippen LogP contribution is 2.63. The Hall–Kier alpha value is -5.47. The average molecular weight is 577 g/mol. The van der Waals surface area contributed by atoms with Gasteiger partial charge in [0.1, 0.15) is 0 Å². The summed E-state index contributed by atoms with van der Waals surface area (Å²) in [4.78, 5) is 6.91. The number of anilines is 2. The van der Waals surface area contributed by atoms with Crippen LogP contribution in [0.3, 0.4) is 0 Å². The first kappa shape index (κ1) is 26.0. The van der Waals surface area contributed by atoms with Crippen LogP contribution in [0.15, 0.2) is 164 Å². The Kier molecular flexibility index (Phi) is 5.79. The highest BCUT2D eigenvalue weighted by atomic mass is 15.2. The van der Waals surface area contributed by atoms with Gasteiger partial charge in [0.05, 0.1) is 11.5 Å². The molecule has 1 heterocycles. The summed E-state index contributed by atoms with van der Waals surface area (Å²) in [6.45, 7) is 2.16. The molecule has 1 unspecified atom stereocenters. The largest absolute Gasteiger partial charge is 0.334 e. The fourth-order valence-corrected chi connectivity index (χ4v) is 8.16. The van der Waals surface area contributed by atoms with Crippen LogP contribution in [0.1, 0.15) is 34.2 Å². The lowest BCUT2D eigenvalue weighted by atomic mass is 9.69. The third-order valence-corrected chi connectivity index (χ3v) is 10.0. The first-order valence-corrected chi connectivity index (χ1v) is 15.8. The number of pyridine rings is 1. The van der Waals surface area contributed by atoms with E-state index in [0.29, 0.717) is 0 Å². The molecule has 0 amide bonds. The van der Waals surface area contributed by atoms with Gasteiger partial charge in [0.25, 0.3) is 0 Å². The molecule has 3 aliphatic rings. The van der Waals surface area contributed by atoms with Crippen LogP contribution in [0.2, 0.25) is 0 Å². The lowest BCUT2D eigenvalue weighted by molar-refractivity contribution is 0.757. The number of allylic oxidation sites excluding steroid dienone is 2. The van der Waals surface area contributed by atoms with E-state index in [1.807, 2.05) is 18.5 Å². The van der Waals surface area contributed by atoms with Crippen molar-refractivity contribution in [2.45, 2.75) is 24.8 Å². The van der Waals surface area contributed by atoms with Crippen LogP contribution in [0.5, 0.6) is 0 Å². The fraction of sp³-hybridized carbons (Fsp3) is 0.0930. The van der Waals surface area contributed by atoms with Crippen molar-refractivity contribution in [3.05, 3.63) is 191 Å². The molecule has 214 valence electrons. The lowest BCUT2D eigenvalue weighted by Gasteiger charge is -2.38. The second-order valence-electron chi connectivity index (χ2n) is 12.4.